The lowest BCUT2D eigenvalue weighted by Gasteiger charge is -2.33. The summed E-state index contributed by atoms with van der Waals surface area (Å²) in [5, 5.41) is 3.05. The maximum absolute atomic E-state index is 12.3. The molecule has 0 aromatic carbocycles. The molecule has 0 aromatic rings. The monoisotopic (exact) mass is 331 g/mol. The summed E-state index contributed by atoms with van der Waals surface area (Å²) in [6, 6.07) is 0. The second-order valence-electron chi connectivity index (χ2n) is 6.74. The minimum absolute atomic E-state index is 0.0178. The molecule has 1 aliphatic heterocycles. The minimum Gasteiger partial charge on any atom is -0.356 e. The molecule has 1 atom stereocenters. The summed E-state index contributed by atoms with van der Waals surface area (Å²) >= 11 is 0. The predicted molar refractivity (Wildman–Crippen MR) is 86.5 cm³/mol. The number of nitrogens with zero attached hydrogens (tertiary/aromatic N) is 2. The molecule has 2 rings (SSSR count). The Bertz CT molecular complexity index is 472. The van der Waals surface area contributed by atoms with E-state index in [0.717, 1.165) is 19.4 Å². The van der Waals surface area contributed by atoms with E-state index in [4.69, 9.17) is 0 Å². The summed E-state index contributed by atoms with van der Waals surface area (Å²) in [4.78, 5) is 12.3. The van der Waals surface area contributed by atoms with Crippen LogP contribution >= 0.6 is 0 Å². The lowest BCUT2D eigenvalue weighted by Crippen LogP contribution is -2.49. The molecule has 22 heavy (non-hydrogen) atoms. The lowest BCUT2D eigenvalue weighted by atomic mass is 9.89. The standard InChI is InChI=1S/C15H29N3O3S/c1-17(2)22(20,21)18-10-6-9-14(12-18)15(19)16-11-13-7-4-3-5-8-13/h13-14H,3-12H2,1-2H3,(H,16,19)/t14-/m0/s1. The summed E-state index contributed by atoms with van der Waals surface area (Å²) < 4.78 is 27.0. The third kappa shape index (κ3) is 4.43. The van der Waals surface area contributed by atoms with Crippen LogP contribution < -0.4 is 5.32 Å². The Morgan fingerprint density at radius 2 is 1.82 bits per heavy atom. The van der Waals surface area contributed by atoms with Crippen molar-refractivity contribution in [1.29, 1.82) is 0 Å². The highest BCUT2D eigenvalue weighted by Crippen LogP contribution is 2.24. The number of piperidine rings is 1. The van der Waals surface area contributed by atoms with Gasteiger partial charge in [-0.15, -0.1) is 0 Å². The van der Waals surface area contributed by atoms with Crippen LogP contribution in [0.5, 0.6) is 0 Å². The number of carbonyl (C=O) groups is 1. The first-order valence-corrected chi connectivity index (χ1v) is 9.76. The van der Waals surface area contributed by atoms with Gasteiger partial charge < -0.3 is 5.32 Å². The molecule has 7 heteroatoms. The summed E-state index contributed by atoms with van der Waals surface area (Å²) in [6.45, 7) is 1.56. The van der Waals surface area contributed by atoms with Gasteiger partial charge in [0.05, 0.1) is 5.92 Å². The van der Waals surface area contributed by atoms with Crippen LogP contribution in [0, 0.1) is 11.8 Å². The van der Waals surface area contributed by atoms with E-state index < -0.39 is 10.2 Å². The molecule has 2 fully saturated rings. The lowest BCUT2D eigenvalue weighted by molar-refractivity contribution is -0.126. The molecule has 128 valence electrons. The number of hydrogen-bond donors (Lipinski definition) is 1. The third-order valence-electron chi connectivity index (χ3n) is 4.83. The second kappa shape index (κ2) is 7.75. The molecule has 2 aliphatic rings. The summed E-state index contributed by atoms with van der Waals surface area (Å²) in [7, 11) is -0.355. The molecule has 1 N–H and O–H groups in total. The number of carbonyl (C=O) groups excluding carboxylic acids is 1. The van der Waals surface area contributed by atoms with Crippen molar-refractivity contribution in [2.24, 2.45) is 11.8 Å². The van der Waals surface area contributed by atoms with Gasteiger partial charge in [-0.25, -0.2) is 0 Å². The molecule has 6 nitrogen and oxygen atoms in total. The normalized spacial score (nSPS) is 25.3. The van der Waals surface area contributed by atoms with E-state index in [1.54, 1.807) is 0 Å². The van der Waals surface area contributed by atoms with Crippen molar-refractivity contribution < 1.29 is 13.2 Å². The molecule has 0 unspecified atom stereocenters. The van der Waals surface area contributed by atoms with Crippen molar-refractivity contribution in [1.82, 2.24) is 13.9 Å². The van der Waals surface area contributed by atoms with Crippen LogP contribution in [0.3, 0.4) is 0 Å². The fourth-order valence-electron chi connectivity index (χ4n) is 3.38. The molecular formula is C15H29N3O3S. The van der Waals surface area contributed by atoms with Gasteiger partial charge in [-0.3, -0.25) is 4.79 Å². The van der Waals surface area contributed by atoms with Gasteiger partial charge in [0, 0.05) is 33.7 Å². The zero-order chi connectivity index (χ0) is 16.2. The van der Waals surface area contributed by atoms with Gasteiger partial charge in [0.1, 0.15) is 0 Å². The highest BCUT2D eigenvalue weighted by Gasteiger charge is 2.33. The number of amides is 1. The third-order valence-corrected chi connectivity index (χ3v) is 6.74. The van der Waals surface area contributed by atoms with Crippen molar-refractivity contribution in [2.45, 2.75) is 44.9 Å². The van der Waals surface area contributed by atoms with Gasteiger partial charge in [-0.05, 0) is 31.6 Å². The van der Waals surface area contributed by atoms with Gasteiger partial charge in [0.15, 0.2) is 0 Å². The van der Waals surface area contributed by atoms with Crippen LogP contribution in [-0.2, 0) is 15.0 Å². The second-order valence-corrected chi connectivity index (χ2v) is 8.88. The average molecular weight is 331 g/mol. The van der Waals surface area contributed by atoms with Crippen molar-refractivity contribution in [3.8, 4) is 0 Å². The van der Waals surface area contributed by atoms with Gasteiger partial charge in [0.25, 0.3) is 10.2 Å². The van der Waals surface area contributed by atoms with Crippen LogP contribution in [0.4, 0.5) is 0 Å². The summed E-state index contributed by atoms with van der Waals surface area (Å²) in [6.07, 6.45) is 7.75. The van der Waals surface area contributed by atoms with E-state index in [1.165, 1.54) is 54.8 Å². The molecule has 0 spiro atoms. The molecule has 1 heterocycles. The Morgan fingerprint density at radius 1 is 1.14 bits per heavy atom. The van der Waals surface area contributed by atoms with E-state index in [1.807, 2.05) is 0 Å². The van der Waals surface area contributed by atoms with E-state index in [0.29, 0.717) is 19.0 Å². The van der Waals surface area contributed by atoms with Crippen LogP contribution in [-0.4, -0.2) is 56.7 Å². The molecule has 0 bridgehead atoms. The van der Waals surface area contributed by atoms with Crippen molar-refractivity contribution in [3.63, 3.8) is 0 Å². The molecule has 0 aromatic heterocycles. The Kier molecular flexibility index (Phi) is 6.23. The highest BCUT2D eigenvalue weighted by atomic mass is 32.2. The Morgan fingerprint density at radius 3 is 2.45 bits per heavy atom. The SMILES string of the molecule is CN(C)S(=O)(=O)N1CCC[C@H](C(=O)NCC2CCCCC2)C1. The fraction of sp³-hybridized carbons (Fsp3) is 0.933. The fourth-order valence-corrected chi connectivity index (χ4v) is 4.57. The van der Waals surface area contributed by atoms with Crippen LogP contribution in [0.15, 0.2) is 0 Å². The maximum atomic E-state index is 12.3. The van der Waals surface area contributed by atoms with Crippen LogP contribution in [0.2, 0.25) is 0 Å². The van der Waals surface area contributed by atoms with Crippen LogP contribution in [0.1, 0.15) is 44.9 Å². The zero-order valence-corrected chi connectivity index (χ0v) is 14.6. The van der Waals surface area contributed by atoms with E-state index in [-0.39, 0.29) is 11.8 Å². The van der Waals surface area contributed by atoms with Crippen molar-refractivity contribution in [2.75, 3.05) is 33.7 Å². The van der Waals surface area contributed by atoms with Gasteiger partial charge >= 0.3 is 0 Å². The average Bonchev–Trinajstić information content (AvgIpc) is 2.53. The molecule has 0 radical (unpaired) electrons. The van der Waals surface area contributed by atoms with E-state index in [9.17, 15) is 13.2 Å². The zero-order valence-electron chi connectivity index (χ0n) is 13.8. The quantitative estimate of drug-likeness (QED) is 0.823. The Balaban J connectivity index is 1.84. The van der Waals surface area contributed by atoms with Gasteiger partial charge in [-0.2, -0.15) is 17.0 Å². The molecule has 1 amide bonds. The van der Waals surface area contributed by atoms with Gasteiger partial charge in [-0.1, -0.05) is 19.3 Å². The van der Waals surface area contributed by atoms with Crippen molar-refractivity contribution >= 4 is 16.1 Å². The first-order valence-electron chi connectivity index (χ1n) is 8.36. The Labute approximate surface area is 134 Å². The molecule has 1 saturated heterocycles. The molecular weight excluding hydrogens is 302 g/mol. The topological polar surface area (TPSA) is 69.7 Å². The van der Waals surface area contributed by atoms with E-state index >= 15 is 0 Å². The minimum atomic E-state index is -3.42. The van der Waals surface area contributed by atoms with Crippen molar-refractivity contribution in [3.05, 3.63) is 0 Å². The first-order chi connectivity index (χ1) is 10.4. The smallest absolute Gasteiger partial charge is 0.281 e. The van der Waals surface area contributed by atoms with E-state index in [2.05, 4.69) is 5.32 Å². The number of hydrogen-bond acceptors (Lipinski definition) is 3. The number of rotatable bonds is 5. The largest absolute Gasteiger partial charge is 0.356 e. The summed E-state index contributed by atoms with van der Waals surface area (Å²) in [5.41, 5.74) is 0. The first kappa shape index (κ1) is 17.7. The molecule has 1 saturated carbocycles. The maximum Gasteiger partial charge on any atom is 0.281 e. The van der Waals surface area contributed by atoms with Gasteiger partial charge in [0.2, 0.25) is 5.91 Å². The predicted octanol–water partition coefficient (Wildman–Crippen LogP) is 1.20. The number of nitrogens with one attached hydrogen (secondary N) is 1. The summed E-state index contributed by atoms with van der Waals surface area (Å²) in [5.74, 6) is 0.402. The highest BCUT2D eigenvalue weighted by molar-refractivity contribution is 7.86. The Hall–Kier alpha value is -0.660. The van der Waals surface area contributed by atoms with Crippen LogP contribution in [0.25, 0.3) is 0 Å². The molecule has 1 aliphatic carbocycles.